The topological polar surface area (TPSA) is 84.2 Å². The van der Waals surface area contributed by atoms with E-state index in [2.05, 4.69) is 147 Å². The van der Waals surface area contributed by atoms with Crippen LogP contribution in [0.4, 0.5) is 0 Å². The molecule has 1 aromatic heterocycles. The van der Waals surface area contributed by atoms with Gasteiger partial charge in [-0.15, -0.1) is 0 Å². The van der Waals surface area contributed by atoms with Crippen molar-refractivity contribution in [3.63, 3.8) is 0 Å². The summed E-state index contributed by atoms with van der Waals surface area (Å²) in [6, 6.07) is 31.2. The average Bonchev–Trinajstić information content (AvgIpc) is 3.48. The maximum Gasteiger partial charge on any atom is 0.337 e. The highest BCUT2D eigenvalue weighted by Crippen LogP contribution is 2.49. The van der Waals surface area contributed by atoms with Crippen LogP contribution in [0.25, 0.3) is 0 Å². The number of nitrogens with one attached hydrogen (secondary N) is 1. The van der Waals surface area contributed by atoms with Crippen molar-refractivity contribution >= 4 is 87.5 Å². The van der Waals surface area contributed by atoms with Crippen LogP contribution in [0.3, 0.4) is 0 Å². The first-order valence-corrected chi connectivity index (χ1v) is 16.9. The third-order valence-corrected chi connectivity index (χ3v) is 12.9. The SMILES string of the molecule is O=C(O)c1c(Br)c(Br)c(Br)c(Br)c1C(=O)NCCc1cn(SC(c2ccccc2)(c2ccccc2)c2ccccc2)cn1. The zero-order valence-corrected chi connectivity index (χ0v) is 29.5. The molecule has 0 aliphatic heterocycles. The summed E-state index contributed by atoms with van der Waals surface area (Å²) in [7, 11) is 0. The molecule has 0 aliphatic carbocycles. The summed E-state index contributed by atoms with van der Waals surface area (Å²) >= 11 is 15.1. The number of hydrogen-bond acceptors (Lipinski definition) is 4. The van der Waals surface area contributed by atoms with Gasteiger partial charge in [0.05, 0.1) is 16.8 Å². The second kappa shape index (κ2) is 13.9. The van der Waals surface area contributed by atoms with E-state index < -0.39 is 16.6 Å². The van der Waals surface area contributed by atoms with E-state index in [1.807, 2.05) is 28.4 Å². The van der Waals surface area contributed by atoms with Crippen LogP contribution in [0.2, 0.25) is 0 Å². The van der Waals surface area contributed by atoms with Crippen molar-refractivity contribution in [1.82, 2.24) is 14.3 Å². The molecule has 218 valence electrons. The second-order valence-corrected chi connectivity index (χ2v) is 13.8. The van der Waals surface area contributed by atoms with E-state index in [-0.39, 0.29) is 22.1 Å². The molecule has 1 amide bonds. The third-order valence-electron chi connectivity index (χ3n) is 6.77. The van der Waals surface area contributed by atoms with E-state index >= 15 is 0 Å². The van der Waals surface area contributed by atoms with Gasteiger partial charge in [-0.2, -0.15) is 0 Å². The van der Waals surface area contributed by atoms with Crippen molar-refractivity contribution in [3.05, 3.63) is 155 Å². The van der Waals surface area contributed by atoms with E-state index in [9.17, 15) is 14.7 Å². The summed E-state index contributed by atoms with van der Waals surface area (Å²) in [6.07, 6.45) is 4.20. The normalized spacial score (nSPS) is 11.3. The minimum atomic E-state index is -1.22. The monoisotopic (exact) mass is 845 g/mol. The molecule has 0 radical (unpaired) electrons. The number of carboxylic acid groups (broad SMARTS) is 1. The molecule has 6 nitrogen and oxygen atoms in total. The Morgan fingerprint density at radius 3 is 1.67 bits per heavy atom. The van der Waals surface area contributed by atoms with Gasteiger partial charge in [-0.05, 0) is 92.4 Å². The van der Waals surface area contributed by atoms with Gasteiger partial charge >= 0.3 is 5.97 Å². The van der Waals surface area contributed by atoms with Gasteiger partial charge in [-0.3, -0.25) is 8.77 Å². The average molecular weight is 849 g/mol. The Morgan fingerprint density at radius 2 is 1.21 bits per heavy atom. The number of imidazole rings is 1. The Balaban J connectivity index is 1.40. The Hall–Kier alpha value is -2.70. The number of amides is 1. The van der Waals surface area contributed by atoms with Gasteiger partial charge in [0.25, 0.3) is 5.91 Å². The molecule has 5 rings (SSSR count). The van der Waals surface area contributed by atoms with Gasteiger partial charge in [-0.25, -0.2) is 9.78 Å². The molecule has 2 N–H and O–H groups in total. The fraction of sp³-hybridized carbons (Fsp3) is 0.0938. The van der Waals surface area contributed by atoms with Crippen LogP contribution in [0.1, 0.15) is 43.1 Å². The van der Waals surface area contributed by atoms with Crippen molar-refractivity contribution in [2.45, 2.75) is 11.2 Å². The maximum absolute atomic E-state index is 13.2. The van der Waals surface area contributed by atoms with Crippen molar-refractivity contribution in [2.24, 2.45) is 0 Å². The van der Waals surface area contributed by atoms with Crippen LogP contribution in [0, 0.1) is 0 Å². The fourth-order valence-corrected chi connectivity index (χ4v) is 8.57. The van der Waals surface area contributed by atoms with Gasteiger partial charge in [-0.1, -0.05) is 91.0 Å². The number of carbonyl (C=O) groups excluding carboxylic acids is 1. The minimum Gasteiger partial charge on any atom is -0.478 e. The maximum atomic E-state index is 13.2. The highest BCUT2D eigenvalue weighted by molar-refractivity contribution is 9.15. The number of nitrogens with zero attached hydrogens (tertiary/aromatic N) is 2. The molecule has 5 aromatic rings. The first-order valence-electron chi connectivity index (χ1n) is 13.0. The molecule has 0 bridgehead atoms. The van der Waals surface area contributed by atoms with Crippen LogP contribution in [0.15, 0.2) is 121 Å². The van der Waals surface area contributed by atoms with E-state index in [1.54, 1.807) is 18.3 Å². The number of carboxylic acids is 1. The molecule has 0 atom stereocenters. The molecule has 11 heteroatoms. The van der Waals surface area contributed by atoms with Crippen LogP contribution in [-0.4, -0.2) is 32.5 Å². The lowest BCUT2D eigenvalue weighted by Crippen LogP contribution is -2.28. The number of aromatic nitrogens is 2. The van der Waals surface area contributed by atoms with Crippen LogP contribution < -0.4 is 5.32 Å². The summed E-state index contributed by atoms with van der Waals surface area (Å²) in [5.41, 5.74) is 4.06. The molecule has 0 saturated carbocycles. The summed E-state index contributed by atoms with van der Waals surface area (Å²) in [5, 5.41) is 12.6. The molecule has 0 unspecified atom stereocenters. The number of hydrogen-bond donors (Lipinski definition) is 2. The number of halogens is 4. The predicted molar refractivity (Wildman–Crippen MR) is 185 cm³/mol. The molecule has 43 heavy (non-hydrogen) atoms. The molecule has 0 aliphatic rings. The lowest BCUT2D eigenvalue weighted by atomic mass is 9.84. The standard InChI is InChI=1S/C32H23Br4N3O3S/c33-26-24(25(31(41)42)27(34)29(36)28(26)35)30(40)37-17-16-23-18-39(19-38-23)43-32(20-10-4-1-5-11-20,21-12-6-2-7-13-21)22-14-8-3-9-15-22/h1-15,18-19H,16-17H2,(H,37,40)(H,41,42). The Morgan fingerprint density at radius 1 is 0.744 bits per heavy atom. The quantitative estimate of drug-likeness (QED) is 0.0833. The second-order valence-electron chi connectivity index (χ2n) is 9.41. The lowest BCUT2D eigenvalue weighted by Gasteiger charge is -2.35. The van der Waals surface area contributed by atoms with Crippen molar-refractivity contribution in [2.75, 3.05) is 6.54 Å². The highest BCUT2D eigenvalue weighted by Gasteiger charge is 2.38. The van der Waals surface area contributed by atoms with Crippen molar-refractivity contribution in [3.8, 4) is 0 Å². The first kappa shape index (κ1) is 31.7. The molecular weight excluding hydrogens is 826 g/mol. The van der Waals surface area contributed by atoms with Gasteiger partial charge < -0.3 is 10.4 Å². The third kappa shape index (κ3) is 6.56. The van der Waals surface area contributed by atoms with E-state index in [4.69, 9.17) is 0 Å². The van der Waals surface area contributed by atoms with Crippen LogP contribution in [0.5, 0.6) is 0 Å². The zero-order valence-electron chi connectivity index (χ0n) is 22.3. The molecule has 0 saturated heterocycles. The highest BCUT2D eigenvalue weighted by atomic mass is 79.9. The van der Waals surface area contributed by atoms with Gasteiger partial charge in [0.2, 0.25) is 0 Å². The summed E-state index contributed by atoms with van der Waals surface area (Å²) < 4.78 is 3.09. The Kier molecular flexibility index (Phi) is 10.3. The molecule has 0 fully saturated rings. The number of rotatable bonds is 10. The molecule has 4 aromatic carbocycles. The number of benzene rings is 4. The summed E-state index contributed by atoms with van der Waals surface area (Å²) in [6.45, 7) is 0.262. The zero-order chi connectivity index (χ0) is 30.6. The number of carbonyl (C=O) groups is 2. The van der Waals surface area contributed by atoms with E-state index in [0.29, 0.717) is 19.8 Å². The smallest absolute Gasteiger partial charge is 0.337 e. The van der Waals surface area contributed by atoms with Gasteiger partial charge in [0.1, 0.15) is 11.1 Å². The van der Waals surface area contributed by atoms with E-state index in [0.717, 1.165) is 22.4 Å². The van der Waals surface area contributed by atoms with E-state index in [1.165, 1.54) is 0 Å². The summed E-state index contributed by atoms with van der Waals surface area (Å²) in [4.78, 5) is 29.8. The van der Waals surface area contributed by atoms with Crippen LogP contribution >= 0.6 is 75.7 Å². The van der Waals surface area contributed by atoms with Crippen molar-refractivity contribution in [1.29, 1.82) is 0 Å². The van der Waals surface area contributed by atoms with Crippen molar-refractivity contribution < 1.29 is 14.7 Å². The minimum absolute atomic E-state index is 0.0221. The molecular formula is C32H23Br4N3O3S. The first-order chi connectivity index (χ1) is 20.7. The van der Waals surface area contributed by atoms with Gasteiger partial charge in [0, 0.05) is 37.1 Å². The van der Waals surface area contributed by atoms with Crippen LogP contribution in [-0.2, 0) is 11.2 Å². The van der Waals surface area contributed by atoms with Gasteiger partial charge in [0.15, 0.2) is 0 Å². The fourth-order valence-electron chi connectivity index (χ4n) is 4.80. The largest absolute Gasteiger partial charge is 0.478 e. The predicted octanol–water partition coefficient (Wildman–Crippen LogP) is 9.09. The lowest BCUT2D eigenvalue weighted by molar-refractivity contribution is 0.0689. The number of aromatic carboxylic acids is 1. The Bertz CT molecular complexity index is 1670. The molecule has 0 spiro atoms. The summed E-state index contributed by atoms with van der Waals surface area (Å²) in [5.74, 6) is -1.73. The Labute approximate surface area is 287 Å². The molecule has 1 heterocycles.